The normalized spacial score (nSPS) is 10.8. The number of nitrogens with zero attached hydrogens (tertiary/aromatic N) is 2. The first-order valence-corrected chi connectivity index (χ1v) is 6.72. The van der Waals surface area contributed by atoms with Crippen LogP contribution in [0.5, 0.6) is 0 Å². The minimum atomic E-state index is -0.547. The van der Waals surface area contributed by atoms with E-state index < -0.39 is 11.7 Å². The van der Waals surface area contributed by atoms with Gasteiger partial charge in [-0.25, -0.2) is 9.37 Å². The van der Waals surface area contributed by atoms with Crippen LogP contribution >= 0.6 is 0 Å². The summed E-state index contributed by atoms with van der Waals surface area (Å²) in [5, 5.41) is 2.68. The first-order valence-electron chi connectivity index (χ1n) is 6.72. The van der Waals surface area contributed by atoms with Crippen LogP contribution in [0.4, 0.5) is 10.3 Å². The van der Waals surface area contributed by atoms with Gasteiger partial charge in [-0.05, 0) is 31.2 Å². The van der Waals surface area contributed by atoms with Gasteiger partial charge in [-0.15, -0.1) is 0 Å². The van der Waals surface area contributed by atoms with E-state index in [9.17, 15) is 9.18 Å². The van der Waals surface area contributed by atoms with E-state index in [1.54, 1.807) is 12.1 Å². The van der Waals surface area contributed by atoms with Gasteiger partial charge in [0.15, 0.2) is 0 Å². The van der Waals surface area contributed by atoms with Gasteiger partial charge in [0, 0.05) is 6.54 Å². The Balaban J connectivity index is 1.98. The number of imidazole rings is 1. The number of para-hydroxylation sites is 2. The van der Waals surface area contributed by atoms with E-state index in [1.807, 2.05) is 35.8 Å². The molecule has 0 saturated heterocycles. The Morgan fingerprint density at radius 2 is 1.90 bits per heavy atom. The molecule has 1 aromatic heterocycles. The summed E-state index contributed by atoms with van der Waals surface area (Å²) >= 11 is 0. The largest absolute Gasteiger partial charge is 0.310 e. The fraction of sp³-hybridized carbons (Fsp3) is 0.125. The lowest BCUT2D eigenvalue weighted by atomic mass is 10.2. The van der Waals surface area contributed by atoms with E-state index in [-0.39, 0.29) is 5.56 Å². The van der Waals surface area contributed by atoms with Gasteiger partial charge in [0.2, 0.25) is 5.95 Å². The van der Waals surface area contributed by atoms with Crippen LogP contribution in [0.1, 0.15) is 17.3 Å². The van der Waals surface area contributed by atoms with Crippen molar-refractivity contribution in [3.63, 3.8) is 0 Å². The van der Waals surface area contributed by atoms with Crippen molar-refractivity contribution in [2.75, 3.05) is 5.32 Å². The summed E-state index contributed by atoms with van der Waals surface area (Å²) in [4.78, 5) is 16.6. The van der Waals surface area contributed by atoms with E-state index in [0.29, 0.717) is 12.5 Å². The predicted octanol–water partition coefficient (Wildman–Crippen LogP) is 3.45. The molecule has 0 unspecified atom stereocenters. The lowest BCUT2D eigenvalue weighted by Gasteiger charge is -2.08. The predicted molar refractivity (Wildman–Crippen MR) is 79.8 cm³/mol. The van der Waals surface area contributed by atoms with E-state index in [1.165, 1.54) is 12.1 Å². The van der Waals surface area contributed by atoms with Gasteiger partial charge < -0.3 is 4.57 Å². The van der Waals surface area contributed by atoms with Gasteiger partial charge in [-0.3, -0.25) is 10.1 Å². The smallest absolute Gasteiger partial charge is 0.260 e. The van der Waals surface area contributed by atoms with Gasteiger partial charge in [-0.2, -0.15) is 0 Å². The second kappa shape index (κ2) is 5.36. The van der Waals surface area contributed by atoms with Crippen LogP contribution in [-0.4, -0.2) is 15.5 Å². The third-order valence-corrected chi connectivity index (χ3v) is 3.31. The SMILES string of the molecule is CCn1c(NC(=O)c2ccccc2F)nc2ccccc21. The molecule has 2 aromatic carbocycles. The van der Waals surface area contributed by atoms with Crippen LogP contribution in [0.2, 0.25) is 0 Å². The molecule has 21 heavy (non-hydrogen) atoms. The molecule has 0 aliphatic heterocycles. The number of carbonyl (C=O) groups is 1. The number of fused-ring (bicyclic) bond motifs is 1. The summed E-state index contributed by atoms with van der Waals surface area (Å²) in [5.74, 6) is -0.626. The first kappa shape index (κ1) is 13.3. The number of carbonyl (C=O) groups excluding carboxylic acids is 1. The van der Waals surface area contributed by atoms with E-state index in [0.717, 1.165) is 11.0 Å². The van der Waals surface area contributed by atoms with Crippen LogP contribution in [0.15, 0.2) is 48.5 Å². The zero-order valence-electron chi connectivity index (χ0n) is 11.5. The maximum absolute atomic E-state index is 13.6. The highest BCUT2D eigenvalue weighted by molar-refractivity contribution is 6.04. The molecule has 1 heterocycles. The number of hydrogen-bond acceptors (Lipinski definition) is 2. The number of benzene rings is 2. The number of halogens is 1. The minimum absolute atomic E-state index is 0.00668. The zero-order valence-corrected chi connectivity index (χ0v) is 11.5. The van der Waals surface area contributed by atoms with Crippen molar-refractivity contribution in [3.05, 3.63) is 59.9 Å². The Morgan fingerprint density at radius 3 is 2.67 bits per heavy atom. The summed E-state index contributed by atoms with van der Waals surface area (Å²) in [6, 6.07) is 13.5. The average molecular weight is 283 g/mol. The standard InChI is InChI=1S/C16H14FN3O/c1-2-20-14-10-6-5-9-13(14)18-16(20)19-15(21)11-7-3-4-8-12(11)17/h3-10H,2H2,1H3,(H,18,19,21). The Hall–Kier alpha value is -2.69. The summed E-state index contributed by atoms with van der Waals surface area (Å²) in [5.41, 5.74) is 1.74. The van der Waals surface area contributed by atoms with Crippen molar-refractivity contribution in [1.29, 1.82) is 0 Å². The average Bonchev–Trinajstić information content (AvgIpc) is 2.84. The van der Waals surface area contributed by atoms with Crippen molar-refractivity contribution in [1.82, 2.24) is 9.55 Å². The highest BCUT2D eigenvalue weighted by atomic mass is 19.1. The minimum Gasteiger partial charge on any atom is -0.310 e. The maximum atomic E-state index is 13.6. The van der Waals surface area contributed by atoms with Gasteiger partial charge in [0.25, 0.3) is 5.91 Å². The molecule has 5 heteroatoms. The van der Waals surface area contributed by atoms with Gasteiger partial charge in [0.05, 0.1) is 16.6 Å². The van der Waals surface area contributed by atoms with Crippen molar-refractivity contribution in [2.24, 2.45) is 0 Å². The molecule has 106 valence electrons. The Kier molecular flexibility index (Phi) is 3.39. The number of nitrogens with one attached hydrogen (secondary N) is 1. The summed E-state index contributed by atoms with van der Waals surface area (Å²) < 4.78 is 15.5. The fourth-order valence-electron chi connectivity index (χ4n) is 2.31. The highest BCUT2D eigenvalue weighted by Crippen LogP contribution is 2.20. The zero-order chi connectivity index (χ0) is 14.8. The highest BCUT2D eigenvalue weighted by Gasteiger charge is 2.15. The van der Waals surface area contributed by atoms with Crippen LogP contribution in [0, 0.1) is 5.82 Å². The maximum Gasteiger partial charge on any atom is 0.260 e. The van der Waals surface area contributed by atoms with E-state index in [2.05, 4.69) is 10.3 Å². The molecule has 0 aliphatic carbocycles. The van der Waals surface area contributed by atoms with Crippen molar-refractivity contribution in [3.8, 4) is 0 Å². The molecule has 0 fully saturated rings. The number of rotatable bonds is 3. The molecule has 1 amide bonds. The number of amides is 1. The third kappa shape index (κ3) is 2.38. The van der Waals surface area contributed by atoms with Gasteiger partial charge >= 0.3 is 0 Å². The Bertz CT molecular complexity index is 810. The molecular weight excluding hydrogens is 269 g/mol. The van der Waals surface area contributed by atoms with Crippen LogP contribution in [-0.2, 0) is 6.54 Å². The molecular formula is C16H14FN3O. The van der Waals surface area contributed by atoms with Crippen molar-refractivity contribution in [2.45, 2.75) is 13.5 Å². The quantitative estimate of drug-likeness (QED) is 0.800. The summed E-state index contributed by atoms with van der Waals surface area (Å²) in [6.07, 6.45) is 0. The molecule has 4 nitrogen and oxygen atoms in total. The Labute approximate surface area is 121 Å². The Morgan fingerprint density at radius 1 is 1.19 bits per heavy atom. The molecule has 0 saturated carbocycles. The lowest BCUT2D eigenvalue weighted by molar-refractivity contribution is 0.102. The molecule has 0 spiro atoms. The topological polar surface area (TPSA) is 46.9 Å². The van der Waals surface area contributed by atoms with Crippen molar-refractivity contribution >= 4 is 22.9 Å². The molecule has 0 radical (unpaired) electrons. The van der Waals surface area contributed by atoms with Crippen molar-refractivity contribution < 1.29 is 9.18 Å². The second-order valence-corrected chi connectivity index (χ2v) is 4.60. The first-order chi connectivity index (χ1) is 10.2. The van der Waals surface area contributed by atoms with E-state index >= 15 is 0 Å². The molecule has 0 aliphatic rings. The molecule has 0 bridgehead atoms. The van der Waals surface area contributed by atoms with Crippen LogP contribution in [0.3, 0.4) is 0 Å². The van der Waals surface area contributed by atoms with Gasteiger partial charge in [-0.1, -0.05) is 24.3 Å². The molecule has 3 aromatic rings. The number of aryl methyl sites for hydroxylation is 1. The summed E-state index contributed by atoms with van der Waals surface area (Å²) in [7, 11) is 0. The second-order valence-electron chi connectivity index (χ2n) is 4.60. The summed E-state index contributed by atoms with van der Waals surface area (Å²) in [6.45, 7) is 2.63. The third-order valence-electron chi connectivity index (χ3n) is 3.31. The van der Waals surface area contributed by atoms with Crippen LogP contribution < -0.4 is 5.32 Å². The number of hydrogen-bond donors (Lipinski definition) is 1. The fourth-order valence-corrected chi connectivity index (χ4v) is 2.31. The van der Waals surface area contributed by atoms with E-state index in [4.69, 9.17) is 0 Å². The lowest BCUT2D eigenvalue weighted by Crippen LogP contribution is -2.17. The molecule has 1 N–H and O–H groups in total. The number of anilines is 1. The molecule has 0 atom stereocenters. The molecule has 3 rings (SSSR count). The number of aromatic nitrogens is 2. The van der Waals surface area contributed by atoms with Crippen LogP contribution in [0.25, 0.3) is 11.0 Å². The monoisotopic (exact) mass is 283 g/mol. The van der Waals surface area contributed by atoms with Gasteiger partial charge in [0.1, 0.15) is 5.82 Å².